The maximum absolute atomic E-state index is 2.39. The van der Waals surface area contributed by atoms with Crippen LogP contribution in [0.25, 0.3) is 0 Å². The van der Waals surface area contributed by atoms with Gasteiger partial charge in [-0.15, -0.1) is 0 Å². The molecule has 0 amide bonds. The zero-order chi connectivity index (χ0) is 12.7. The SMILES string of the molecule is [CH-]1CCCCC1.[CH-]1CCCCC1.[CH-]1CCCCC1.[Pt]. The van der Waals surface area contributed by atoms with E-state index in [-0.39, 0.29) is 21.1 Å². The van der Waals surface area contributed by atoms with Crippen LogP contribution in [0, 0.1) is 19.3 Å². The van der Waals surface area contributed by atoms with Crippen molar-refractivity contribution in [2.24, 2.45) is 0 Å². The molecule has 0 aromatic rings. The number of rotatable bonds is 0. The third-order valence-electron chi connectivity index (χ3n) is 3.95. The molecular formula is C18H33Pt-3. The molecule has 0 aliphatic heterocycles. The average Bonchev–Trinajstić information content (AvgIpc) is 2.54. The second kappa shape index (κ2) is 16.7. The summed E-state index contributed by atoms with van der Waals surface area (Å²) in [5.41, 5.74) is 0. The normalized spacial score (nSPS) is 22.7. The van der Waals surface area contributed by atoms with Crippen LogP contribution in [0.1, 0.15) is 96.3 Å². The van der Waals surface area contributed by atoms with Gasteiger partial charge in [0, 0.05) is 21.1 Å². The molecule has 3 rings (SSSR count). The fourth-order valence-corrected chi connectivity index (χ4v) is 2.70. The fraction of sp³-hybridized carbons (Fsp3) is 0.833. The summed E-state index contributed by atoms with van der Waals surface area (Å²) in [5.74, 6) is 0. The van der Waals surface area contributed by atoms with E-state index in [1.807, 2.05) is 0 Å². The van der Waals surface area contributed by atoms with E-state index in [9.17, 15) is 0 Å². The average molecular weight is 445 g/mol. The predicted octanol–water partition coefficient (Wildman–Crippen LogP) is 6.46. The molecule has 0 N–H and O–H groups in total. The van der Waals surface area contributed by atoms with Crippen molar-refractivity contribution in [1.82, 2.24) is 0 Å². The Hall–Kier alpha value is 0.688. The zero-order valence-electron chi connectivity index (χ0n) is 12.7. The van der Waals surface area contributed by atoms with Crippen molar-refractivity contribution in [3.63, 3.8) is 0 Å². The Bertz CT molecular complexity index is 80.7. The van der Waals surface area contributed by atoms with Gasteiger partial charge in [0.25, 0.3) is 0 Å². The molecule has 0 aromatic carbocycles. The quantitative estimate of drug-likeness (QED) is 0.376. The first-order valence-corrected chi connectivity index (χ1v) is 8.45. The minimum absolute atomic E-state index is 0. The summed E-state index contributed by atoms with van der Waals surface area (Å²) in [6.07, 6.45) is 28.5. The molecule has 0 bridgehead atoms. The van der Waals surface area contributed by atoms with E-state index in [0.29, 0.717) is 0 Å². The van der Waals surface area contributed by atoms with Crippen LogP contribution in [-0.2, 0) is 21.1 Å². The van der Waals surface area contributed by atoms with E-state index in [4.69, 9.17) is 0 Å². The van der Waals surface area contributed by atoms with Gasteiger partial charge >= 0.3 is 0 Å². The second-order valence-electron chi connectivity index (χ2n) is 5.78. The summed E-state index contributed by atoms with van der Waals surface area (Å²) in [6, 6.07) is 0. The van der Waals surface area contributed by atoms with Gasteiger partial charge in [-0.3, -0.25) is 0 Å². The summed E-state index contributed by atoms with van der Waals surface area (Å²) in [5, 5.41) is 0. The fourth-order valence-electron chi connectivity index (χ4n) is 2.70. The molecule has 0 atom stereocenters. The van der Waals surface area contributed by atoms with Crippen molar-refractivity contribution in [1.29, 1.82) is 0 Å². The van der Waals surface area contributed by atoms with Crippen LogP contribution in [0.5, 0.6) is 0 Å². The molecule has 1 heteroatoms. The first-order valence-electron chi connectivity index (χ1n) is 8.45. The van der Waals surface area contributed by atoms with Gasteiger partial charge < -0.3 is 19.3 Å². The number of hydrogen-bond donors (Lipinski definition) is 0. The third kappa shape index (κ3) is 14.9. The Morgan fingerprint density at radius 3 is 0.579 bits per heavy atom. The van der Waals surface area contributed by atoms with Gasteiger partial charge in [-0.05, 0) is 0 Å². The van der Waals surface area contributed by atoms with Crippen LogP contribution < -0.4 is 0 Å². The molecular weight excluding hydrogens is 411 g/mol. The molecule has 0 unspecified atom stereocenters. The molecule has 19 heavy (non-hydrogen) atoms. The molecule has 118 valence electrons. The molecule has 0 heterocycles. The molecule has 0 aromatic heterocycles. The Morgan fingerprint density at radius 1 is 0.316 bits per heavy atom. The molecule has 3 fully saturated rings. The largest absolute Gasteiger partial charge is 0.328 e. The van der Waals surface area contributed by atoms with E-state index >= 15 is 0 Å². The summed E-state index contributed by atoms with van der Waals surface area (Å²) >= 11 is 0. The zero-order valence-corrected chi connectivity index (χ0v) is 14.9. The monoisotopic (exact) mass is 444 g/mol. The van der Waals surface area contributed by atoms with Crippen molar-refractivity contribution in [3.8, 4) is 0 Å². The van der Waals surface area contributed by atoms with E-state index in [0.717, 1.165) is 0 Å². The van der Waals surface area contributed by atoms with Gasteiger partial charge in [0.15, 0.2) is 0 Å². The van der Waals surface area contributed by atoms with Crippen molar-refractivity contribution in [2.75, 3.05) is 0 Å². The van der Waals surface area contributed by atoms with Crippen molar-refractivity contribution in [2.45, 2.75) is 96.3 Å². The van der Waals surface area contributed by atoms with Crippen LogP contribution in [0.4, 0.5) is 0 Å². The second-order valence-corrected chi connectivity index (χ2v) is 5.78. The van der Waals surface area contributed by atoms with Crippen molar-refractivity contribution < 1.29 is 21.1 Å². The molecule has 0 saturated heterocycles. The van der Waals surface area contributed by atoms with Crippen LogP contribution in [0.2, 0.25) is 0 Å². The van der Waals surface area contributed by atoms with Crippen LogP contribution >= 0.6 is 0 Å². The molecule has 0 spiro atoms. The molecule has 3 aliphatic rings. The van der Waals surface area contributed by atoms with Gasteiger partial charge in [0.05, 0.1) is 0 Å². The molecule has 0 nitrogen and oxygen atoms in total. The van der Waals surface area contributed by atoms with Crippen molar-refractivity contribution in [3.05, 3.63) is 19.3 Å². The van der Waals surface area contributed by atoms with E-state index in [1.54, 1.807) is 0 Å². The van der Waals surface area contributed by atoms with Gasteiger partial charge in [-0.25, -0.2) is 0 Å². The standard InChI is InChI=1S/3C6H11.Pt/c3*1-2-4-6-5-3-1;/h3*1H,2-6H2;/q3*-1;. The Labute approximate surface area is 136 Å². The van der Waals surface area contributed by atoms with E-state index < -0.39 is 0 Å². The minimum Gasteiger partial charge on any atom is -0.328 e. The summed E-state index contributed by atoms with van der Waals surface area (Å²) in [6.45, 7) is 0. The van der Waals surface area contributed by atoms with Crippen LogP contribution in [0.15, 0.2) is 0 Å². The van der Waals surface area contributed by atoms with Crippen LogP contribution in [-0.4, -0.2) is 0 Å². The Kier molecular flexibility index (Phi) is 17.3. The maximum Gasteiger partial charge on any atom is 0 e. The Morgan fingerprint density at radius 2 is 0.526 bits per heavy atom. The predicted molar refractivity (Wildman–Crippen MR) is 82.2 cm³/mol. The Balaban J connectivity index is 0.000000249. The topological polar surface area (TPSA) is 0 Å². The van der Waals surface area contributed by atoms with Gasteiger partial charge in [0.1, 0.15) is 0 Å². The first-order chi connectivity index (χ1) is 9.00. The number of hydrogen-bond acceptors (Lipinski definition) is 0. The summed E-state index contributed by atoms with van der Waals surface area (Å²) in [4.78, 5) is 0. The van der Waals surface area contributed by atoms with E-state index in [2.05, 4.69) is 19.3 Å². The smallest absolute Gasteiger partial charge is 0 e. The molecule has 0 radical (unpaired) electrons. The van der Waals surface area contributed by atoms with Gasteiger partial charge in [0.2, 0.25) is 0 Å². The van der Waals surface area contributed by atoms with E-state index in [1.165, 1.54) is 96.3 Å². The van der Waals surface area contributed by atoms with Crippen LogP contribution in [0.3, 0.4) is 0 Å². The maximum atomic E-state index is 2.39. The summed E-state index contributed by atoms with van der Waals surface area (Å²) in [7, 11) is 0. The minimum atomic E-state index is 0. The summed E-state index contributed by atoms with van der Waals surface area (Å²) < 4.78 is 0. The molecule has 3 aliphatic carbocycles. The van der Waals surface area contributed by atoms with Crippen molar-refractivity contribution >= 4 is 0 Å². The van der Waals surface area contributed by atoms with Gasteiger partial charge in [-0.2, -0.15) is 38.5 Å². The third-order valence-corrected chi connectivity index (χ3v) is 3.95. The van der Waals surface area contributed by atoms with Gasteiger partial charge in [-0.1, -0.05) is 57.8 Å². The molecule has 3 saturated carbocycles. The first kappa shape index (κ1) is 19.7.